The van der Waals surface area contributed by atoms with E-state index in [0.717, 1.165) is 17.0 Å². The summed E-state index contributed by atoms with van der Waals surface area (Å²) in [6.45, 7) is 2.56. The molecule has 3 aromatic heterocycles. The van der Waals surface area contributed by atoms with Gasteiger partial charge in [-0.3, -0.25) is 9.36 Å². The number of para-hydroxylation sites is 1. The second-order valence-corrected chi connectivity index (χ2v) is 8.62. The average molecular weight is 463 g/mol. The summed E-state index contributed by atoms with van der Waals surface area (Å²) in [5, 5.41) is 6.54. The Hall–Kier alpha value is -3.43. The zero-order valence-corrected chi connectivity index (χ0v) is 18.7. The summed E-state index contributed by atoms with van der Waals surface area (Å²) in [4.78, 5) is 22.4. The van der Waals surface area contributed by atoms with E-state index in [-0.39, 0.29) is 5.56 Å². The number of thioether (sulfide) groups is 1. The zero-order valence-electron chi connectivity index (χ0n) is 17.1. The van der Waals surface area contributed by atoms with Gasteiger partial charge >= 0.3 is 0 Å². The van der Waals surface area contributed by atoms with Crippen molar-refractivity contribution in [3.63, 3.8) is 0 Å². The number of nitrogens with zero attached hydrogens (tertiary/aromatic N) is 4. The Morgan fingerprint density at radius 1 is 1.06 bits per heavy atom. The molecule has 0 fully saturated rings. The normalized spacial score (nSPS) is 11.2. The van der Waals surface area contributed by atoms with Crippen LogP contribution < -0.4 is 10.3 Å². The van der Waals surface area contributed by atoms with E-state index in [9.17, 15) is 4.79 Å². The molecule has 0 saturated heterocycles. The fraction of sp³-hybridized carbons (Fsp3) is 0.130. The Morgan fingerprint density at radius 2 is 1.88 bits per heavy atom. The van der Waals surface area contributed by atoms with Crippen LogP contribution in [0, 0.1) is 0 Å². The minimum Gasteiger partial charge on any atom is -0.494 e. The van der Waals surface area contributed by atoms with Gasteiger partial charge in [-0.05, 0) is 54.8 Å². The molecule has 32 heavy (non-hydrogen) atoms. The highest BCUT2D eigenvalue weighted by molar-refractivity contribution is 7.98. The average Bonchev–Trinajstić information content (AvgIpc) is 3.49. The third-order valence-corrected chi connectivity index (χ3v) is 6.49. The van der Waals surface area contributed by atoms with Crippen molar-refractivity contribution in [2.24, 2.45) is 0 Å². The number of benzene rings is 2. The van der Waals surface area contributed by atoms with E-state index in [4.69, 9.17) is 14.2 Å². The maximum Gasteiger partial charge on any atom is 0.276 e. The largest absolute Gasteiger partial charge is 0.494 e. The molecule has 160 valence electrons. The molecule has 7 nitrogen and oxygen atoms in total. The minimum atomic E-state index is -0.0840. The van der Waals surface area contributed by atoms with Gasteiger partial charge in [-0.15, -0.1) is 11.3 Å². The van der Waals surface area contributed by atoms with Crippen LogP contribution in [0.25, 0.3) is 27.3 Å². The number of ether oxygens (including phenoxy) is 1. The highest BCUT2D eigenvalue weighted by Gasteiger charge is 2.16. The molecule has 0 spiro atoms. The molecule has 0 aliphatic heterocycles. The highest BCUT2D eigenvalue weighted by atomic mass is 32.2. The Morgan fingerprint density at radius 3 is 2.66 bits per heavy atom. The molecule has 0 N–H and O–H groups in total. The standard InChI is InChI=1S/C23H18N4O3S2/c1-2-29-17-10-8-15(9-11-17)21-25-19(30-26-21)14-32-23-24-18-12-13-31-20(18)22(28)27(23)16-6-4-3-5-7-16/h3-13H,2,14H2,1H3. The smallest absolute Gasteiger partial charge is 0.276 e. The molecule has 0 radical (unpaired) electrons. The fourth-order valence-electron chi connectivity index (χ4n) is 3.22. The lowest BCUT2D eigenvalue weighted by molar-refractivity contribution is 0.340. The van der Waals surface area contributed by atoms with Gasteiger partial charge in [-0.1, -0.05) is 35.1 Å². The maximum absolute atomic E-state index is 13.1. The van der Waals surface area contributed by atoms with Gasteiger partial charge in [-0.2, -0.15) is 4.98 Å². The van der Waals surface area contributed by atoms with Gasteiger partial charge in [0.2, 0.25) is 11.7 Å². The lowest BCUT2D eigenvalue weighted by Crippen LogP contribution is -2.20. The van der Waals surface area contributed by atoms with Gasteiger partial charge < -0.3 is 9.26 Å². The maximum atomic E-state index is 13.1. The molecule has 2 aromatic carbocycles. The van der Waals surface area contributed by atoms with E-state index >= 15 is 0 Å². The molecule has 0 aliphatic rings. The van der Waals surface area contributed by atoms with Crippen molar-refractivity contribution in [1.82, 2.24) is 19.7 Å². The number of hydrogen-bond acceptors (Lipinski definition) is 8. The van der Waals surface area contributed by atoms with Crippen LogP contribution >= 0.6 is 23.1 Å². The quantitative estimate of drug-likeness (QED) is 0.243. The SMILES string of the molecule is CCOc1ccc(-c2noc(CSc3nc4ccsc4c(=O)n3-c3ccccc3)n2)cc1. The van der Waals surface area contributed by atoms with Crippen LogP contribution in [0.1, 0.15) is 12.8 Å². The highest BCUT2D eigenvalue weighted by Crippen LogP contribution is 2.27. The lowest BCUT2D eigenvalue weighted by atomic mass is 10.2. The second-order valence-electron chi connectivity index (χ2n) is 6.76. The molecular formula is C23H18N4O3S2. The topological polar surface area (TPSA) is 83.0 Å². The molecule has 9 heteroatoms. The first-order valence-electron chi connectivity index (χ1n) is 9.97. The first kappa shape index (κ1) is 20.5. The number of rotatable bonds is 7. The summed E-state index contributed by atoms with van der Waals surface area (Å²) >= 11 is 2.78. The molecule has 3 heterocycles. The Kier molecular flexibility index (Phi) is 5.74. The third kappa shape index (κ3) is 4.04. The van der Waals surface area contributed by atoms with E-state index in [2.05, 4.69) is 10.1 Å². The predicted octanol–water partition coefficient (Wildman–Crippen LogP) is 5.19. The first-order valence-corrected chi connectivity index (χ1v) is 11.8. The van der Waals surface area contributed by atoms with Crippen molar-refractivity contribution in [2.75, 3.05) is 6.61 Å². The van der Waals surface area contributed by atoms with E-state index in [0.29, 0.717) is 39.4 Å². The summed E-state index contributed by atoms with van der Waals surface area (Å²) in [6.07, 6.45) is 0. The van der Waals surface area contributed by atoms with E-state index in [1.165, 1.54) is 23.1 Å². The molecule has 0 saturated carbocycles. The molecule has 0 unspecified atom stereocenters. The summed E-state index contributed by atoms with van der Waals surface area (Å²) in [7, 11) is 0. The lowest BCUT2D eigenvalue weighted by Gasteiger charge is -2.11. The Labute approximate surface area is 191 Å². The van der Waals surface area contributed by atoms with Crippen LogP contribution in [0.4, 0.5) is 0 Å². The van der Waals surface area contributed by atoms with Crippen LogP contribution in [-0.2, 0) is 5.75 Å². The molecule has 5 aromatic rings. The predicted molar refractivity (Wildman–Crippen MR) is 126 cm³/mol. The number of aromatic nitrogens is 4. The van der Waals surface area contributed by atoms with Gasteiger partial charge in [0, 0.05) is 5.56 Å². The van der Waals surface area contributed by atoms with Gasteiger partial charge in [-0.25, -0.2) is 4.98 Å². The molecule has 0 aliphatic carbocycles. The molecule has 0 atom stereocenters. The van der Waals surface area contributed by atoms with Crippen molar-refractivity contribution in [3.8, 4) is 22.8 Å². The van der Waals surface area contributed by atoms with Crippen LogP contribution in [0.5, 0.6) is 5.75 Å². The van der Waals surface area contributed by atoms with Crippen molar-refractivity contribution >= 4 is 33.3 Å². The second kappa shape index (κ2) is 8.97. The van der Waals surface area contributed by atoms with E-state index < -0.39 is 0 Å². The van der Waals surface area contributed by atoms with Crippen LogP contribution in [-0.4, -0.2) is 26.3 Å². The molecule has 5 rings (SSSR count). The summed E-state index contributed by atoms with van der Waals surface area (Å²) in [5.74, 6) is 2.15. The van der Waals surface area contributed by atoms with Crippen LogP contribution in [0.15, 0.2) is 80.5 Å². The number of hydrogen-bond donors (Lipinski definition) is 0. The van der Waals surface area contributed by atoms with Crippen LogP contribution in [0.3, 0.4) is 0 Å². The van der Waals surface area contributed by atoms with Gasteiger partial charge in [0.1, 0.15) is 10.4 Å². The summed E-state index contributed by atoms with van der Waals surface area (Å²) < 4.78 is 13.2. The molecule has 0 amide bonds. The minimum absolute atomic E-state index is 0.0840. The monoisotopic (exact) mass is 462 g/mol. The number of thiophene rings is 1. The van der Waals surface area contributed by atoms with Crippen LogP contribution in [0.2, 0.25) is 0 Å². The van der Waals surface area contributed by atoms with Gasteiger partial charge in [0.25, 0.3) is 5.56 Å². The molecular weight excluding hydrogens is 444 g/mol. The molecule has 0 bridgehead atoms. The van der Waals surface area contributed by atoms with Crippen molar-refractivity contribution in [3.05, 3.63) is 82.3 Å². The Bertz CT molecular complexity index is 1410. The first-order chi connectivity index (χ1) is 15.7. The van der Waals surface area contributed by atoms with Crippen molar-refractivity contribution < 1.29 is 9.26 Å². The van der Waals surface area contributed by atoms with Gasteiger partial charge in [0.05, 0.1) is 23.6 Å². The van der Waals surface area contributed by atoms with Gasteiger partial charge in [0.15, 0.2) is 5.16 Å². The van der Waals surface area contributed by atoms with Crippen molar-refractivity contribution in [2.45, 2.75) is 17.8 Å². The summed E-state index contributed by atoms with van der Waals surface area (Å²) in [5.41, 5.74) is 2.21. The zero-order chi connectivity index (χ0) is 21.9. The number of fused-ring (bicyclic) bond motifs is 1. The third-order valence-electron chi connectivity index (χ3n) is 4.68. The van der Waals surface area contributed by atoms with Crippen molar-refractivity contribution in [1.29, 1.82) is 0 Å². The van der Waals surface area contributed by atoms with E-state index in [1.54, 1.807) is 4.57 Å². The van der Waals surface area contributed by atoms with E-state index in [1.807, 2.05) is 73.0 Å². The summed E-state index contributed by atoms with van der Waals surface area (Å²) in [6, 6.07) is 18.9. The Balaban J connectivity index is 1.42. The fourth-order valence-corrected chi connectivity index (χ4v) is 4.83.